The Hall–Kier alpha value is -1.33. The Labute approximate surface area is 138 Å². The Morgan fingerprint density at radius 3 is 2.91 bits per heavy atom. The van der Waals surface area contributed by atoms with Crippen molar-refractivity contribution in [3.8, 4) is 0 Å². The highest BCUT2D eigenvalue weighted by molar-refractivity contribution is 7.99. The number of benzene rings is 1. The molecule has 3 rings (SSSR count). The van der Waals surface area contributed by atoms with Crippen molar-refractivity contribution in [1.29, 1.82) is 0 Å². The Kier molecular flexibility index (Phi) is 4.54. The van der Waals surface area contributed by atoms with E-state index in [9.17, 15) is 4.39 Å². The third-order valence-corrected chi connectivity index (χ3v) is 5.12. The van der Waals surface area contributed by atoms with E-state index in [1.54, 1.807) is 23.9 Å². The van der Waals surface area contributed by atoms with E-state index in [0.717, 1.165) is 16.5 Å². The fourth-order valence-corrected chi connectivity index (χ4v) is 3.49. The molecule has 0 amide bonds. The molecule has 3 nitrogen and oxygen atoms in total. The number of rotatable bonds is 6. The minimum Gasteiger partial charge on any atom is -0.302 e. The lowest BCUT2D eigenvalue weighted by atomic mass is 10.2. The van der Waals surface area contributed by atoms with E-state index >= 15 is 0 Å². The van der Waals surface area contributed by atoms with Crippen molar-refractivity contribution in [1.82, 2.24) is 14.8 Å². The summed E-state index contributed by atoms with van der Waals surface area (Å²) >= 11 is 7.47. The van der Waals surface area contributed by atoms with Crippen molar-refractivity contribution in [3.05, 3.63) is 53.1 Å². The zero-order chi connectivity index (χ0) is 15.7. The van der Waals surface area contributed by atoms with Crippen LogP contribution >= 0.6 is 23.4 Å². The highest BCUT2D eigenvalue weighted by Gasteiger charge is 2.30. The number of allylic oxidation sites excluding steroid dienone is 1. The molecule has 0 bridgehead atoms. The van der Waals surface area contributed by atoms with Gasteiger partial charge in [-0.05, 0) is 37.5 Å². The van der Waals surface area contributed by atoms with Crippen LogP contribution in [0.5, 0.6) is 0 Å². The van der Waals surface area contributed by atoms with Crippen molar-refractivity contribution in [2.45, 2.75) is 42.6 Å². The first-order valence-electron chi connectivity index (χ1n) is 7.25. The largest absolute Gasteiger partial charge is 0.302 e. The number of nitrogens with zero attached hydrogens (tertiary/aromatic N) is 3. The van der Waals surface area contributed by atoms with Crippen LogP contribution in [0, 0.1) is 5.82 Å². The van der Waals surface area contributed by atoms with Gasteiger partial charge in [-0.2, -0.15) is 0 Å². The molecule has 1 unspecified atom stereocenters. The molecule has 1 aromatic heterocycles. The van der Waals surface area contributed by atoms with Crippen LogP contribution in [0.25, 0.3) is 0 Å². The van der Waals surface area contributed by atoms with Crippen molar-refractivity contribution in [2.75, 3.05) is 0 Å². The fraction of sp³-hybridized carbons (Fsp3) is 0.375. The van der Waals surface area contributed by atoms with Crippen LogP contribution < -0.4 is 0 Å². The highest BCUT2D eigenvalue weighted by Crippen LogP contribution is 2.42. The summed E-state index contributed by atoms with van der Waals surface area (Å²) < 4.78 is 15.4. The van der Waals surface area contributed by atoms with Crippen molar-refractivity contribution < 1.29 is 4.39 Å². The molecule has 1 atom stereocenters. The van der Waals surface area contributed by atoms with Gasteiger partial charge in [0.25, 0.3) is 0 Å². The topological polar surface area (TPSA) is 30.7 Å². The summed E-state index contributed by atoms with van der Waals surface area (Å²) in [5.41, 5.74) is 0.970. The molecule has 0 N–H and O–H groups in total. The van der Waals surface area contributed by atoms with Gasteiger partial charge in [0, 0.05) is 17.7 Å². The summed E-state index contributed by atoms with van der Waals surface area (Å²) in [5, 5.41) is 9.78. The molecule has 0 spiro atoms. The summed E-state index contributed by atoms with van der Waals surface area (Å²) in [6.45, 7) is 6.57. The third kappa shape index (κ3) is 3.20. The molecular formula is C16H17ClFN3S. The van der Waals surface area contributed by atoms with E-state index < -0.39 is 5.82 Å². The molecule has 1 aliphatic rings. The van der Waals surface area contributed by atoms with Crippen LogP contribution in [-0.4, -0.2) is 14.8 Å². The molecule has 116 valence electrons. The van der Waals surface area contributed by atoms with Gasteiger partial charge in [-0.25, -0.2) is 4.39 Å². The molecule has 1 saturated carbocycles. The number of aromatic nitrogens is 3. The first-order valence-corrected chi connectivity index (χ1v) is 8.51. The lowest BCUT2D eigenvalue weighted by molar-refractivity contribution is 0.627. The first-order chi connectivity index (χ1) is 10.6. The quantitative estimate of drug-likeness (QED) is 0.549. The van der Waals surface area contributed by atoms with Crippen LogP contribution in [0.2, 0.25) is 5.02 Å². The van der Waals surface area contributed by atoms with Crippen LogP contribution in [0.4, 0.5) is 4.39 Å². The standard InChI is InChI=1S/C16H17ClFN3S/c1-3-8-21-15(11-4-5-11)19-20-16(21)22-10(2)12-6-7-14(18)13(17)9-12/h3,6-7,9-11H,1,4-5,8H2,2H3. The third-order valence-electron chi connectivity index (χ3n) is 3.69. The van der Waals surface area contributed by atoms with Gasteiger partial charge in [-0.3, -0.25) is 0 Å². The number of halogens is 2. The van der Waals surface area contributed by atoms with Gasteiger partial charge in [0.1, 0.15) is 11.6 Å². The molecule has 1 aliphatic carbocycles. The van der Waals surface area contributed by atoms with E-state index in [1.807, 2.05) is 6.08 Å². The van der Waals surface area contributed by atoms with E-state index in [-0.39, 0.29) is 10.3 Å². The molecule has 6 heteroatoms. The minimum absolute atomic E-state index is 0.109. The minimum atomic E-state index is -0.395. The Balaban J connectivity index is 1.82. The monoisotopic (exact) mass is 337 g/mol. The fourth-order valence-electron chi connectivity index (χ4n) is 2.32. The van der Waals surface area contributed by atoms with E-state index in [0.29, 0.717) is 12.5 Å². The molecule has 2 aromatic rings. The summed E-state index contributed by atoms with van der Waals surface area (Å²) in [7, 11) is 0. The zero-order valence-electron chi connectivity index (χ0n) is 12.3. The molecule has 0 saturated heterocycles. The molecular weight excluding hydrogens is 321 g/mol. The number of thioether (sulfide) groups is 1. The normalized spacial score (nSPS) is 15.8. The van der Waals surface area contributed by atoms with E-state index in [1.165, 1.54) is 18.9 Å². The van der Waals surface area contributed by atoms with Gasteiger partial charge < -0.3 is 4.57 Å². The Morgan fingerprint density at radius 1 is 1.50 bits per heavy atom. The van der Waals surface area contributed by atoms with Gasteiger partial charge in [-0.15, -0.1) is 16.8 Å². The van der Waals surface area contributed by atoms with Gasteiger partial charge in [0.05, 0.1) is 5.02 Å². The first kappa shape index (κ1) is 15.6. The van der Waals surface area contributed by atoms with Crippen molar-refractivity contribution in [2.24, 2.45) is 0 Å². The highest BCUT2D eigenvalue weighted by atomic mass is 35.5. The van der Waals surface area contributed by atoms with Gasteiger partial charge >= 0.3 is 0 Å². The van der Waals surface area contributed by atoms with Crippen molar-refractivity contribution in [3.63, 3.8) is 0 Å². The summed E-state index contributed by atoms with van der Waals surface area (Å²) in [5.74, 6) is 1.19. The van der Waals surface area contributed by atoms with Crippen LogP contribution in [0.1, 0.15) is 42.3 Å². The van der Waals surface area contributed by atoms with E-state index in [2.05, 4.69) is 28.3 Å². The maximum Gasteiger partial charge on any atom is 0.192 e. The second kappa shape index (κ2) is 6.42. The molecule has 22 heavy (non-hydrogen) atoms. The van der Waals surface area contributed by atoms with E-state index in [4.69, 9.17) is 11.6 Å². The SMILES string of the molecule is C=CCn1c(SC(C)c2ccc(F)c(Cl)c2)nnc1C1CC1. The van der Waals surface area contributed by atoms with Crippen LogP contribution in [0.15, 0.2) is 36.0 Å². The summed E-state index contributed by atoms with van der Waals surface area (Å²) in [4.78, 5) is 0. The maximum absolute atomic E-state index is 13.3. The predicted molar refractivity (Wildman–Crippen MR) is 87.9 cm³/mol. The second-order valence-corrected chi connectivity index (χ2v) is 7.16. The summed E-state index contributed by atoms with van der Waals surface area (Å²) in [6.07, 6.45) is 4.23. The van der Waals surface area contributed by atoms with Crippen LogP contribution in [-0.2, 0) is 6.54 Å². The van der Waals surface area contributed by atoms with Crippen molar-refractivity contribution >= 4 is 23.4 Å². The van der Waals surface area contributed by atoms with Gasteiger partial charge in [0.2, 0.25) is 0 Å². The lowest BCUT2D eigenvalue weighted by Gasteiger charge is -2.13. The molecule has 1 heterocycles. The smallest absolute Gasteiger partial charge is 0.192 e. The maximum atomic E-state index is 13.3. The lowest BCUT2D eigenvalue weighted by Crippen LogP contribution is -2.03. The average molecular weight is 338 g/mol. The zero-order valence-corrected chi connectivity index (χ0v) is 13.9. The number of hydrogen-bond donors (Lipinski definition) is 0. The molecule has 0 aliphatic heterocycles. The van der Waals surface area contributed by atoms with Gasteiger partial charge in [0.15, 0.2) is 5.16 Å². The molecule has 0 radical (unpaired) electrons. The second-order valence-electron chi connectivity index (χ2n) is 5.45. The number of hydrogen-bond acceptors (Lipinski definition) is 3. The average Bonchev–Trinajstić information content (AvgIpc) is 3.27. The summed E-state index contributed by atoms with van der Waals surface area (Å²) in [6, 6.07) is 4.83. The van der Waals surface area contributed by atoms with Gasteiger partial charge in [-0.1, -0.05) is 35.5 Å². The Bertz CT molecular complexity index is 697. The van der Waals surface area contributed by atoms with Crippen LogP contribution in [0.3, 0.4) is 0 Å². The molecule has 1 aromatic carbocycles. The Morgan fingerprint density at radius 2 is 2.27 bits per heavy atom. The predicted octanol–water partition coefficient (Wildman–Crippen LogP) is 4.99. The molecule has 1 fully saturated rings.